The summed E-state index contributed by atoms with van der Waals surface area (Å²) in [5.74, 6) is -1.65. The molecule has 0 saturated carbocycles. The van der Waals surface area contributed by atoms with Gasteiger partial charge in [-0.2, -0.15) is 13.2 Å². The summed E-state index contributed by atoms with van der Waals surface area (Å²) in [6.45, 7) is 7.70. The number of hydrogen-bond donors (Lipinski definition) is 3. The summed E-state index contributed by atoms with van der Waals surface area (Å²) in [7, 11) is 0. The molecule has 1 aromatic carbocycles. The molecule has 12 heteroatoms. The number of alkyl halides is 3. The van der Waals surface area contributed by atoms with E-state index < -0.39 is 59.6 Å². The smallest absolute Gasteiger partial charge is 0.391 e. The van der Waals surface area contributed by atoms with E-state index in [-0.39, 0.29) is 18.5 Å². The quantitative estimate of drug-likeness (QED) is 0.521. The van der Waals surface area contributed by atoms with Crippen LogP contribution in [0.4, 0.5) is 13.2 Å². The SMILES string of the molecule is CC(=O)N[C@H](C(=O)N1C[C@H](O)C[C@H]1C(=O)NCc1ccc(-c2scnc2C)cc1C(F)(F)F)C(C)(C)C. The number of hydrogen-bond acceptors (Lipinski definition) is 6. The molecule has 1 fully saturated rings. The van der Waals surface area contributed by atoms with E-state index in [1.165, 1.54) is 29.2 Å². The third kappa shape index (κ3) is 6.67. The van der Waals surface area contributed by atoms with E-state index >= 15 is 0 Å². The largest absolute Gasteiger partial charge is 0.416 e. The normalized spacial score (nSPS) is 19.0. The zero-order valence-electron chi connectivity index (χ0n) is 21.3. The third-order valence-electron chi connectivity index (χ3n) is 6.20. The minimum absolute atomic E-state index is 0.0652. The molecule has 2 heterocycles. The Kier molecular flexibility index (Phi) is 8.33. The molecule has 0 bridgehead atoms. The number of likely N-dealkylation sites (tertiary alicyclic amines) is 1. The number of rotatable bonds is 6. The van der Waals surface area contributed by atoms with Crippen molar-refractivity contribution in [3.05, 3.63) is 40.5 Å². The van der Waals surface area contributed by atoms with Gasteiger partial charge in [0.15, 0.2) is 0 Å². The molecule has 0 spiro atoms. The molecular weight excluding hydrogens is 509 g/mol. The van der Waals surface area contributed by atoms with Crippen molar-refractivity contribution in [2.75, 3.05) is 6.54 Å². The van der Waals surface area contributed by atoms with Crippen molar-refractivity contribution in [3.8, 4) is 10.4 Å². The minimum atomic E-state index is -4.65. The molecule has 1 saturated heterocycles. The lowest BCUT2D eigenvalue weighted by Gasteiger charge is -2.35. The van der Waals surface area contributed by atoms with Crippen LogP contribution < -0.4 is 10.6 Å². The maximum atomic E-state index is 13.9. The van der Waals surface area contributed by atoms with Crippen molar-refractivity contribution >= 4 is 29.1 Å². The van der Waals surface area contributed by atoms with Gasteiger partial charge in [0.25, 0.3) is 0 Å². The van der Waals surface area contributed by atoms with Crippen LogP contribution in [0.5, 0.6) is 0 Å². The molecule has 1 aliphatic heterocycles. The maximum absolute atomic E-state index is 13.9. The van der Waals surface area contributed by atoms with Crippen LogP contribution in [0.3, 0.4) is 0 Å². The molecule has 0 radical (unpaired) electrons. The Morgan fingerprint density at radius 1 is 1.24 bits per heavy atom. The molecule has 0 unspecified atom stereocenters. The zero-order valence-corrected chi connectivity index (χ0v) is 22.1. The number of aryl methyl sites for hydroxylation is 1. The molecule has 202 valence electrons. The Morgan fingerprint density at radius 3 is 2.46 bits per heavy atom. The van der Waals surface area contributed by atoms with Crippen LogP contribution in [-0.4, -0.2) is 57.4 Å². The van der Waals surface area contributed by atoms with Crippen molar-refractivity contribution in [2.24, 2.45) is 5.41 Å². The van der Waals surface area contributed by atoms with Crippen LogP contribution in [0.25, 0.3) is 10.4 Å². The number of nitrogens with zero attached hydrogens (tertiary/aromatic N) is 2. The summed E-state index contributed by atoms with van der Waals surface area (Å²) in [5, 5.41) is 15.3. The zero-order chi connectivity index (χ0) is 27.7. The van der Waals surface area contributed by atoms with E-state index in [0.717, 1.165) is 6.07 Å². The van der Waals surface area contributed by atoms with E-state index in [0.29, 0.717) is 16.1 Å². The fourth-order valence-corrected chi connectivity index (χ4v) is 5.14. The first-order valence-corrected chi connectivity index (χ1v) is 12.6. The Hall–Kier alpha value is -2.99. The molecule has 3 amide bonds. The van der Waals surface area contributed by atoms with Crippen molar-refractivity contribution in [1.29, 1.82) is 0 Å². The molecule has 3 atom stereocenters. The van der Waals surface area contributed by atoms with Gasteiger partial charge in [-0.15, -0.1) is 11.3 Å². The van der Waals surface area contributed by atoms with Gasteiger partial charge in [-0.05, 0) is 29.5 Å². The average molecular weight is 541 g/mol. The van der Waals surface area contributed by atoms with Gasteiger partial charge in [-0.25, -0.2) is 4.98 Å². The highest BCUT2D eigenvalue weighted by molar-refractivity contribution is 7.13. The van der Waals surface area contributed by atoms with Crippen molar-refractivity contribution in [2.45, 2.75) is 71.9 Å². The van der Waals surface area contributed by atoms with E-state index in [2.05, 4.69) is 15.6 Å². The lowest BCUT2D eigenvalue weighted by Crippen LogP contribution is -2.57. The molecule has 1 aromatic heterocycles. The van der Waals surface area contributed by atoms with Crippen LogP contribution in [0.2, 0.25) is 0 Å². The number of aliphatic hydroxyl groups excluding tert-OH is 1. The second-order valence-corrected chi connectivity index (χ2v) is 11.1. The van der Waals surface area contributed by atoms with E-state index in [1.54, 1.807) is 39.3 Å². The highest BCUT2D eigenvalue weighted by atomic mass is 32.1. The molecular formula is C25H31F3N4O4S. The summed E-state index contributed by atoms with van der Waals surface area (Å²) in [5.41, 5.74) is 0.869. The number of benzene rings is 1. The number of halogens is 3. The second-order valence-electron chi connectivity index (χ2n) is 10.2. The van der Waals surface area contributed by atoms with Crippen molar-refractivity contribution in [3.63, 3.8) is 0 Å². The van der Waals surface area contributed by atoms with E-state index in [4.69, 9.17) is 0 Å². The Morgan fingerprint density at radius 2 is 1.92 bits per heavy atom. The van der Waals surface area contributed by atoms with E-state index in [9.17, 15) is 32.7 Å². The third-order valence-corrected chi connectivity index (χ3v) is 7.18. The minimum Gasteiger partial charge on any atom is -0.391 e. The Bertz CT molecular complexity index is 1180. The average Bonchev–Trinajstić information content (AvgIpc) is 3.39. The van der Waals surface area contributed by atoms with Crippen LogP contribution in [-0.2, 0) is 27.1 Å². The predicted molar refractivity (Wildman–Crippen MR) is 132 cm³/mol. The van der Waals surface area contributed by atoms with Gasteiger partial charge < -0.3 is 20.6 Å². The summed E-state index contributed by atoms with van der Waals surface area (Å²) in [6, 6.07) is 1.86. The van der Waals surface area contributed by atoms with Crippen molar-refractivity contribution in [1.82, 2.24) is 20.5 Å². The topological polar surface area (TPSA) is 112 Å². The monoisotopic (exact) mass is 540 g/mol. The standard InChI is InChI=1S/C25H31F3N4O4S/c1-13-20(37-12-30-13)15-6-7-16(18(8-15)25(26,27)28)10-29-22(35)19-9-17(34)11-32(19)23(36)21(24(3,4)5)31-14(2)33/h6-8,12,17,19,21,34H,9-11H2,1-5H3,(H,29,35)(H,31,33)/t17-,19+,21-/m1/s1. The lowest BCUT2D eigenvalue weighted by molar-refractivity contribution is -0.143. The van der Waals surface area contributed by atoms with Crippen LogP contribution in [0.15, 0.2) is 23.7 Å². The number of carbonyl (C=O) groups is 3. The first kappa shape index (κ1) is 28.6. The molecule has 2 aromatic rings. The van der Waals surface area contributed by atoms with Gasteiger partial charge in [-0.1, -0.05) is 32.9 Å². The summed E-state index contributed by atoms with van der Waals surface area (Å²) < 4.78 is 41.6. The molecule has 0 aliphatic carbocycles. The van der Waals surface area contributed by atoms with Crippen LogP contribution in [0, 0.1) is 12.3 Å². The fraction of sp³-hybridized carbons (Fsp3) is 0.520. The summed E-state index contributed by atoms with van der Waals surface area (Å²) >= 11 is 1.24. The first-order valence-electron chi connectivity index (χ1n) is 11.7. The molecule has 37 heavy (non-hydrogen) atoms. The van der Waals surface area contributed by atoms with Crippen molar-refractivity contribution < 1.29 is 32.7 Å². The van der Waals surface area contributed by atoms with E-state index in [1.807, 2.05) is 0 Å². The van der Waals surface area contributed by atoms with Crippen LogP contribution >= 0.6 is 11.3 Å². The first-order chi connectivity index (χ1) is 17.1. The predicted octanol–water partition coefficient (Wildman–Crippen LogP) is 3.27. The van der Waals surface area contributed by atoms with Gasteiger partial charge in [0.2, 0.25) is 17.7 Å². The highest BCUT2D eigenvalue weighted by Gasteiger charge is 2.44. The highest BCUT2D eigenvalue weighted by Crippen LogP contribution is 2.37. The van der Waals surface area contributed by atoms with Gasteiger partial charge >= 0.3 is 6.18 Å². The van der Waals surface area contributed by atoms with Gasteiger partial charge in [0.1, 0.15) is 12.1 Å². The van der Waals surface area contributed by atoms with Gasteiger partial charge in [0, 0.05) is 26.4 Å². The summed E-state index contributed by atoms with van der Waals surface area (Å²) in [6.07, 6.45) is -5.70. The van der Waals surface area contributed by atoms with Crippen LogP contribution in [0.1, 0.15) is 50.9 Å². The Balaban J connectivity index is 1.81. The lowest BCUT2D eigenvalue weighted by atomic mass is 9.85. The van der Waals surface area contributed by atoms with Gasteiger partial charge in [-0.3, -0.25) is 14.4 Å². The number of amides is 3. The summed E-state index contributed by atoms with van der Waals surface area (Å²) in [4.78, 5) is 43.9. The second kappa shape index (κ2) is 10.8. The number of thiazole rings is 1. The Labute approximate surface area is 217 Å². The number of nitrogens with one attached hydrogen (secondary N) is 2. The van der Waals surface area contributed by atoms with Gasteiger partial charge in [0.05, 0.1) is 27.7 Å². The number of aliphatic hydroxyl groups is 1. The number of β-amino-alcohol motifs (C(OH)–C–C–N with tert-alkyl or cyclic N) is 1. The molecule has 8 nitrogen and oxygen atoms in total. The molecule has 1 aliphatic rings. The number of carbonyl (C=O) groups excluding carboxylic acids is 3. The number of aromatic nitrogens is 1. The molecule has 3 N–H and O–H groups in total. The molecule has 3 rings (SSSR count). The fourth-order valence-electron chi connectivity index (χ4n) is 4.34. The maximum Gasteiger partial charge on any atom is 0.416 e.